The number of aliphatic imine (C=N–C) groups is 1. The Morgan fingerprint density at radius 1 is 0.978 bits per heavy atom. The fourth-order valence-electron chi connectivity index (χ4n) is 7.90. The van der Waals surface area contributed by atoms with Crippen LogP contribution in [0.1, 0.15) is 70.5 Å². The quantitative estimate of drug-likeness (QED) is 0.347. The van der Waals surface area contributed by atoms with Gasteiger partial charge < -0.3 is 14.7 Å². The third kappa shape index (κ3) is 5.11. The maximum Gasteiger partial charge on any atom is 0.263 e. The molecule has 2 saturated heterocycles. The summed E-state index contributed by atoms with van der Waals surface area (Å²) in [4.78, 5) is 43.4. The van der Waals surface area contributed by atoms with Crippen LogP contribution in [-0.2, 0) is 15.1 Å². The number of rotatable bonds is 5. The first-order valence-corrected chi connectivity index (χ1v) is 17.7. The van der Waals surface area contributed by atoms with Gasteiger partial charge in [-0.3, -0.25) is 14.5 Å². The normalized spacial score (nSPS) is 29.2. The topological polar surface area (TPSA) is 59.5 Å². The van der Waals surface area contributed by atoms with Gasteiger partial charge in [-0.1, -0.05) is 61.3 Å². The van der Waals surface area contributed by atoms with Gasteiger partial charge in [-0.05, 0) is 99.7 Å². The Bertz CT molecular complexity index is 1590. The fourth-order valence-corrected chi connectivity index (χ4v) is 9.50. The van der Waals surface area contributed by atoms with E-state index < -0.39 is 11.6 Å². The number of amides is 2. The number of likely N-dealkylation sites (N-methyl/N-ethyl adjacent to an activating group) is 1. The number of benzene rings is 2. The highest BCUT2D eigenvalue weighted by Crippen LogP contribution is 2.56. The van der Waals surface area contributed by atoms with Crippen molar-refractivity contribution < 1.29 is 9.59 Å². The highest BCUT2D eigenvalue weighted by atomic mass is 35.5. The van der Waals surface area contributed by atoms with Gasteiger partial charge in [-0.15, -0.1) is 0 Å². The van der Waals surface area contributed by atoms with Crippen LogP contribution in [0.15, 0.2) is 64.1 Å². The molecule has 0 aromatic heterocycles. The van der Waals surface area contributed by atoms with Gasteiger partial charge in [0.15, 0.2) is 5.17 Å². The maximum absolute atomic E-state index is 14.7. The molecule has 4 heterocycles. The summed E-state index contributed by atoms with van der Waals surface area (Å²) >= 11 is 14.1. The predicted octanol–water partition coefficient (Wildman–Crippen LogP) is 6.92. The summed E-state index contributed by atoms with van der Waals surface area (Å²) in [7, 11) is 2.17. The molecule has 1 spiro atoms. The van der Waals surface area contributed by atoms with E-state index in [0.717, 1.165) is 60.9 Å². The van der Waals surface area contributed by atoms with E-state index >= 15 is 0 Å². The third-order valence-electron chi connectivity index (χ3n) is 10.7. The van der Waals surface area contributed by atoms with Crippen molar-refractivity contribution in [3.05, 3.63) is 80.3 Å². The second kappa shape index (κ2) is 11.3. The number of thioether (sulfide) groups is 1. The molecule has 238 valence electrons. The molecule has 7 nitrogen and oxygen atoms in total. The molecule has 4 aliphatic heterocycles. The highest BCUT2D eigenvalue weighted by molar-refractivity contribution is 8.18. The Morgan fingerprint density at radius 3 is 2.24 bits per heavy atom. The van der Waals surface area contributed by atoms with Crippen LogP contribution in [0.2, 0.25) is 10.0 Å². The maximum atomic E-state index is 14.7. The summed E-state index contributed by atoms with van der Waals surface area (Å²) in [6, 6.07) is 15.2. The van der Waals surface area contributed by atoms with E-state index in [9.17, 15) is 9.59 Å². The minimum Gasteiger partial charge on any atom is -0.338 e. The molecule has 1 saturated carbocycles. The minimum absolute atomic E-state index is 0.0147. The van der Waals surface area contributed by atoms with Crippen LogP contribution >= 0.6 is 35.0 Å². The molecule has 10 heteroatoms. The van der Waals surface area contributed by atoms with Gasteiger partial charge >= 0.3 is 0 Å². The Kier molecular flexibility index (Phi) is 7.82. The lowest BCUT2D eigenvalue weighted by molar-refractivity contribution is -0.145. The molecule has 0 unspecified atom stereocenters. The molecule has 0 bridgehead atoms. The molecule has 1 aliphatic carbocycles. The number of allylic oxidation sites excluding steroid dienone is 1. The largest absolute Gasteiger partial charge is 0.338 e. The van der Waals surface area contributed by atoms with Crippen LogP contribution in [0.4, 0.5) is 0 Å². The van der Waals surface area contributed by atoms with E-state index in [1.54, 1.807) is 0 Å². The molecule has 2 amide bonds. The van der Waals surface area contributed by atoms with Gasteiger partial charge in [0.2, 0.25) is 5.91 Å². The van der Waals surface area contributed by atoms with E-state index in [-0.39, 0.29) is 35.4 Å². The molecule has 3 fully saturated rings. The summed E-state index contributed by atoms with van der Waals surface area (Å²) < 4.78 is 0. The minimum atomic E-state index is -0.630. The van der Waals surface area contributed by atoms with Crippen molar-refractivity contribution in [2.45, 2.75) is 82.6 Å². The summed E-state index contributed by atoms with van der Waals surface area (Å²) in [5.41, 5.74) is 2.58. The van der Waals surface area contributed by atoms with Crippen LogP contribution in [0.25, 0.3) is 0 Å². The van der Waals surface area contributed by atoms with Gasteiger partial charge in [0, 0.05) is 47.0 Å². The van der Waals surface area contributed by atoms with Crippen molar-refractivity contribution >= 4 is 51.9 Å². The molecular formula is C35H41Cl2N5O2S. The summed E-state index contributed by atoms with van der Waals surface area (Å²) in [6.45, 7) is 10.9. The second-order valence-corrected chi connectivity index (χ2v) is 15.8. The molecule has 5 aliphatic rings. The number of nitrogens with zero attached hydrogens (tertiary/aromatic N) is 5. The molecule has 45 heavy (non-hydrogen) atoms. The van der Waals surface area contributed by atoms with Crippen molar-refractivity contribution in [2.75, 3.05) is 26.7 Å². The SMILES string of the molecule is CC(C)C1=C(C(=O)N2[C@H](C)CC[C@@H]2C(=O)N2CCN(C)C3(CC3)C2)SC2=N[C@@](C)(c3ccc(Cl)cc3)[C@@H](c3ccc(Cl)cc3)N21. The van der Waals surface area contributed by atoms with E-state index in [1.165, 1.54) is 11.8 Å². The Hall–Kier alpha value is -2.52. The number of fused-ring (bicyclic) bond motifs is 1. The van der Waals surface area contributed by atoms with Crippen LogP contribution in [0.3, 0.4) is 0 Å². The molecule has 0 N–H and O–H groups in total. The monoisotopic (exact) mass is 665 g/mol. The van der Waals surface area contributed by atoms with Crippen LogP contribution in [0.5, 0.6) is 0 Å². The fraction of sp³-hybridized carbons (Fsp3) is 0.514. The zero-order valence-corrected chi connectivity index (χ0v) is 28.9. The molecule has 4 atom stereocenters. The number of hydrogen-bond donors (Lipinski definition) is 0. The van der Waals surface area contributed by atoms with Crippen molar-refractivity contribution in [1.29, 1.82) is 0 Å². The first-order valence-electron chi connectivity index (χ1n) is 16.1. The van der Waals surface area contributed by atoms with Crippen molar-refractivity contribution in [3.8, 4) is 0 Å². The number of hydrogen-bond acceptors (Lipinski definition) is 6. The standard InChI is InChI=1S/C35H41Cl2N5O2S/c1-21(2)28-29(32(44)41-22(3)6-15-27(41)31(43)40-19-18-39(5)35(20-40)16-17-35)45-33-38-34(4,24-9-13-26(37)14-10-24)30(42(28)33)23-7-11-25(36)12-8-23/h7-14,21-22,27,30H,6,15-20H2,1-5H3/t22-,27-,30-,34+/m1/s1. The predicted molar refractivity (Wildman–Crippen MR) is 182 cm³/mol. The number of halogens is 2. The van der Waals surface area contributed by atoms with Crippen molar-refractivity contribution in [3.63, 3.8) is 0 Å². The lowest BCUT2D eigenvalue weighted by atomic mass is 9.81. The summed E-state index contributed by atoms with van der Waals surface area (Å²) in [6.07, 6.45) is 3.80. The third-order valence-corrected chi connectivity index (χ3v) is 12.3. The molecule has 2 aromatic rings. The van der Waals surface area contributed by atoms with Crippen LogP contribution < -0.4 is 0 Å². The van der Waals surface area contributed by atoms with E-state index in [0.29, 0.717) is 21.4 Å². The number of carbonyl (C=O) groups excluding carboxylic acids is 2. The lowest BCUT2D eigenvalue weighted by Gasteiger charge is -2.42. The van der Waals surface area contributed by atoms with E-state index in [1.807, 2.05) is 46.2 Å². The smallest absolute Gasteiger partial charge is 0.263 e. The number of amidine groups is 1. The van der Waals surface area contributed by atoms with Crippen LogP contribution in [-0.4, -0.2) is 80.9 Å². The van der Waals surface area contributed by atoms with Gasteiger partial charge in [-0.2, -0.15) is 0 Å². The first kappa shape index (κ1) is 31.1. The van der Waals surface area contributed by atoms with Gasteiger partial charge in [0.25, 0.3) is 5.91 Å². The van der Waals surface area contributed by atoms with Crippen molar-refractivity contribution in [2.24, 2.45) is 10.9 Å². The zero-order chi connectivity index (χ0) is 31.8. The number of piperazine rings is 1. The van der Waals surface area contributed by atoms with E-state index in [4.69, 9.17) is 28.2 Å². The van der Waals surface area contributed by atoms with Crippen molar-refractivity contribution in [1.82, 2.24) is 19.6 Å². The molecular weight excluding hydrogens is 625 g/mol. The Labute approximate surface area is 280 Å². The van der Waals surface area contributed by atoms with Gasteiger partial charge in [0.05, 0.1) is 6.04 Å². The second-order valence-electron chi connectivity index (χ2n) is 13.9. The Balaban J connectivity index is 1.25. The molecule has 2 aromatic carbocycles. The van der Waals surface area contributed by atoms with Gasteiger partial charge in [-0.25, -0.2) is 4.99 Å². The first-order chi connectivity index (χ1) is 21.4. The molecule has 0 radical (unpaired) electrons. The summed E-state index contributed by atoms with van der Waals surface area (Å²) in [5.74, 6) is 0.0994. The highest BCUT2D eigenvalue weighted by Gasteiger charge is 2.55. The Morgan fingerprint density at radius 2 is 1.62 bits per heavy atom. The van der Waals surface area contributed by atoms with E-state index in [2.05, 4.69) is 56.7 Å². The van der Waals surface area contributed by atoms with Crippen LogP contribution in [0, 0.1) is 5.92 Å². The zero-order valence-electron chi connectivity index (χ0n) is 26.6. The number of likely N-dealkylation sites (tertiary alicyclic amines) is 1. The number of carbonyl (C=O) groups is 2. The van der Waals surface area contributed by atoms with Gasteiger partial charge in [0.1, 0.15) is 16.5 Å². The molecule has 7 rings (SSSR count). The summed E-state index contributed by atoms with van der Waals surface area (Å²) in [5, 5.41) is 2.15. The average molecular weight is 667 g/mol. The lowest BCUT2D eigenvalue weighted by Crippen LogP contribution is -2.59. The average Bonchev–Trinajstić information content (AvgIpc) is 3.38.